The number of ether oxygens (including phenoxy) is 2. The van der Waals surface area contributed by atoms with E-state index in [1.165, 1.54) is 6.21 Å². The Hall–Kier alpha value is -4.66. The fourth-order valence-corrected chi connectivity index (χ4v) is 2.99. The predicted molar refractivity (Wildman–Crippen MR) is 134 cm³/mol. The first-order valence-corrected chi connectivity index (χ1v) is 10.7. The van der Waals surface area contributed by atoms with Gasteiger partial charge in [-0.25, -0.2) is 5.43 Å². The molecule has 0 aliphatic carbocycles. The molecule has 0 bridgehead atoms. The molecule has 0 aliphatic rings. The number of amides is 3. The number of nitrogens with one attached hydrogen (secondary N) is 3. The van der Waals surface area contributed by atoms with E-state index in [0.29, 0.717) is 28.4 Å². The molecular weight excluding hydrogens is 448 g/mol. The summed E-state index contributed by atoms with van der Waals surface area (Å²) in [7, 11) is 1.57. The number of methoxy groups -OCH3 is 1. The first-order valence-electron chi connectivity index (χ1n) is 10.7. The minimum Gasteiger partial charge on any atom is -0.497 e. The van der Waals surface area contributed by atoms with Crippen molar-refractivity contribution in [3.05, 3.63) is 83.4 Å². The standard InChI is InChI=1S/C26H26N4O5/c1-17-6-4-9-23(18(17)2)29-25(32)26(33)30-27-15-19-7-5-8-22(14-19)35-16-24(31)28-20-10-12-21(34-3)13-11-20/h4-15H,16H2,1-3H3,(H,28,31)(H,29,32)(H,30,33)/b27-15-. The van der Waals surface area contributed by atoms with E-state index < -0.39 is 11.8 Å². The summed E-state index contributed by atoms with van der Waals surface area (Å²) in [6.45, 7) is 3.58. The van der Waals surface area contributed by atoms with Crippen LogP contribution >= 0.6 is 0 Å². The lowest BCUT2D eigenvalue weighted by atomic mass is 10.1. The summed E-state index contributed by atoms with van der Waals surface area (Å²) in [4.78, 5) is 36.3. The molecule has 35 heavy (non-hydrogen) atoms. The van der Waals surface area contributed by atoms with Gasteiger partial charge in [-0.3, -0.25) is 14.4 Å². The van der Waals surface area contributed by atoms with E-state index >= 15 is 0 Å². The molecule has 3 amide bonds. The molecule has 3 aromatic carbocycles. The lowest BCUT2D eigenvalue weighted by molar-refractivity contribution is -0.136. The van der Waals surface area contributed by atoms with Gasteiger partial charge in [-0.05, 0) is 73.0 Å². The zero-order valence-electron chi connectivity index (χ0n) is 19.6. The molecule has 9 nitrogen and oxygen atoms in total. The number of carbonyl (C=O) groups excluding carboxylic acids is 3. The maximum Gasteiger partial charge on any atom is 0.329 e. The average molecular weight is 475 g/mol. The molecule has 0 heterocycles. The van der Waals surface area contributed by atoms with Crippen LogP contribution in [-0.4, -0.2) is 37.7 Å². The maximum atomic E-state index is 12.1. The van der Waals surface area contributed by atoms with Crippen molar-refractivity contribution in [3.8, 4) is 11.5 Å². The smallest absolute Gasteiger partial charge is 0.329 e. The lowest BCUT2D eigenvalue weighted by Gasteiger charge is -2.09. The third kappa shape index (κ3) is 7.43. The molecule has 0 atom stereocenters. The van der Waals surface area contributed by atoms with Crippen LogP contribution in [0, 0.1) is 13.8 Å². The van der Waals surface area contributed by atoms with E-state index in [1.807, 2.05) is 19.9 Å². The molecule has 0 aliphatic heterocycles. The zero-order valence-corrected chi connectivity index (χ0v) is 19.6. The van der Waals surface area contributed by atoms with E-state index in [0.717, 1.165) is 11.1 Å². The van der Waals surface area contributed by atoms with Crippen molar-refractivity contribution in [2.45, 2.75) is 13.8 Å². The fourth-order valence-electron chi connectivity index (χ4n) is 2.99. The largest absolute Gasteiger partial charge is 0.497 e. The van der Waals surface area contributed by atoms with Crippen LogP contribution in [-0.2, 0) is 14.4 Å². The van der Waals surface area contributed by atoms with Crippen LogP contribution in [0.1, 0.15) is 16.7 Å². The highest BCUT2D eigenvalue weighted by atomic mass is 16.5. The predicted octanol–water partition coefficient (Wildman–Crippen LogP) is 3.42. The molecule has 9 heteroatoms. The Morgan fingerprint density at radius 1 is 0.886 bits per heavy atom. The zero-order chi connectivity index (χ0) is 25.2. The van der Waals surface area contributed by atoms with Gasteiger partial charge in [0.25, 0.3) is 5.91 Å². The topological polar surface area (TPSA) is 118 Å². The summed E-state index contributed by atoms with van der Waals surface area (Å²) in [5.74, 6) is -0.911. The summed E-state index contributed by atoms with van der Waals surface area (Å²) < 4.78 is 10.6. The monoisotopic (exact) mass is 474 g/mol. The van der Waals surface area contributed by atoms with Crippen molar-refractivity contribution in [1.82, 2.24) is 5.43 Å². The molecular formula is C26H26N4O5. The first kappa shape index (κ1) is 25.0. The van der Waals surface area contributed by atoms with Crippen molar-refractivity contribution < 1.29 is 23.9 Å². The van der Waals surface area contributed by atoms with Crippen molar-refractivity contribution in [2.24, 2.45) is 5.10 Å². The second-order valence-electron chi connectivity index (χ2n) is 7.54. The third-order valence-corrected chi connectivity index (χ3v) is 5.04. The van der Waals surface area contributed by atoms with Crippen LogP contribution < -0.4 is 25.5 Å². The normalized spacial score (nSPS) is 10.5. The summed E-state index contributed by atoms with van der Waals surface area (Å²) in [6.07, 6.45) is 1.37. The highest BCUT2D eigenvalue weighted by Crippen LogP contribution is 2.18. The first-order chi connectivity index (χ1) is 16.9. The number of hydrogen-bond acceptors (Lipinski definition) is 6. The molecule has 0 radical (unpaired) electrons. The van der Waals surface area contributed by atoms with Gasteiger partial charge < -0.3 is 20.1 Å². The van der Waals surface area contributed by atoms with E-state index in [-0.39, 0.29) is 12.5 Å². The molecule has 0 saturated heterocycles. The Labute approximate surface area is 203 Å². The number of hydrogen-bond donors (Lipinski definition) is 3. The van der Waals surface area contributed by atoms with Crippen LogP contribution in [0.2, 0.25) is 0 Å². The molecule has 3 rings (SSSR count). The van der Waals surface area contributed by atoms with E-state index in [9.17, 15) is 14.4 Å². The maximum absolute atomic E-state index is 12.1. The van der Waals surface area contributed by atoms with Crippen LogP contribution in [0.15, 0.2) is 71.8 Å². The van der Waals surface area contributed by atoms with Gasteiger partial charge in [0, 0.05) is 11.4 Å². The minimum atomic E-state index is -0.898. The summed E-state index contributed by atoms with van der Waals surface area (Å²) in [6, 6.07) is 19.2. The third-order valence-electron chi connectivity index (χ3n) is 5.04. The Balaban J connectivity index is 1.48. The van der Waals surface area contributed by atoms with Gasteiger partial charge in [0.15, 0.2) is 6.61 Å². The van der Waals surface area contributed by atoms with Gasteiger partial charge in [-0.2, -0.15) is 5.10 Å². The molecule has 3 aromatic rings. The van der Waals surface area contributed by atoms with Crippen molar-refractivity contribution in [2.75, 3.05) is 24.4 Å². The van der Waals surface area contributed by atoms with E-state index in [1.54, 1.807) is 67.8 Å². The summed E-state index contributed by atoms with van der Waals surface area (Å²) in [5.41, 5.74) is 5.87. The molecule has 180 valence electrons. The fraction of sp³-hybridized carbons (Fsp3) is 0.154. The Kier molecular flexibility index (Phi) is 8.55. The SMILES string of the molecule is COc1ccc(NC(=O)COc2cccc(/C=N\NC(=O)C(=O)Nc3cccc(C)c3C)c2)cc1. The van der Waals surface area contributed by atoms with Gasteiger partial charge in [-0.1, -0.05) is 24.3 Å². The quantitative estimate of drug-likeness (QED) is 0.263. The number of rotatable bonds is 8. The number of nitrogens with zero attached hydrogens (tertiary/aromatic N) is 1. The molecule has 0 spiro atoms. The number of carbonyl (C=O) groups is 3. The number of anilines is 2. The molecule has 0 aromatic heterocycles. The summed E-state index contributed by atoms with van der Waals surface area (Å²) >= 11 is 0. The van der Waals surface area contributed by atoms with Crippen LogP contribution in [0.3, 0.4) is 0 Å². The number of aryl methyl sites for hydroxylation is 1. The number of benzene rings is 3. The number of hydrazone groups is 1. The van der Waals surface area contributed by atoms with Gasteiger partial charge in [0.05, 0.1) is 13.3 Å². The highest BCUT2D eigenvalue weighted by Gasteiger charge is 2.14. The summed E-state index contributed by atoms with van der Waals surface area (Å²) in [5, 5.41) is 9.12. The molecule has 0 saturated carbocycles. The minimum absolute atomic E-state index is 0.193. The highest BCUT2D eigenvalue weighted by molar-refractivity contribution is 6.39. The van der Waals surface area contributed by atoms with Gasteiger partial charge >= 0.3 is 11.8 Å². The Morgan fingerprint density at radius 2 is 1.63 bits per heavy atom. The molecule has 3 N–H and O–H groups in total. The van der Waals surface area contributed by atoms with Crippen molar-refractivity contribution >= 4 is 35.3 Å². The second kappa shape index (κ2) is 12.0. The van der Waals surface area contributed by atoms with E-state index in [2.05, 4.69) is 21.2 Å². The van der Waals surface area contributed by atoms with Gasteiger partial charge in [0.2, 0.25) is 0 Å². The average Bonchev–Trinajstić information content (AvgIpc) is 2.86. The van der Waals surface area contributed by atoms with Crippen LogP contribution in [0.4, 0.5) is 11.4 Å². The van der Waals surface area contributed by atoms with Crippen molar-refractivity contribution in [1.29, 1.82) is 0 Å². The van der Waals surface area contributed by atoms with Crippen LogP contribution in [0.25, 0.3) is 0 Å². The molecule has 0 fully saturated rings. The lowest BCUT2D eigenvalue weighted by Crippen LogP contribution is -2.32. The van der Waals surface area contributed by atoms with Crippen LogP contribution in [0.5, 0.6) is 11.5 Å². The Morgan fingerprint density at radius 3 is 2.37 bits per heavy atom. The van der Waals surface area contributed by atoms with Gasteiger partial charge in [-0.15, -0.1) is 0 Å². The van der Waals surface area contributed by atoms with Crippen molar-refractivity contribution in [3.63, 3.8) is 0 Å². The Bertz CT molecular complexity index is 1240. The van der Waals surface area contributed by atoms with Gasteiger partial charge in [0.1, 0.15) is 11.5 Å². The molecule has 0 unspecified atom stereocenters. The van der Waals surface area contributed by atoms with E-state index in [4.69, 9.17) is 9.47 Å². The second-order valence-corrected chi connectivity index (χ2v) is 7.54.